The van der Waals surface area contributed by atoms with Crippen LogP contribution in [0.2, 0.25) is 18.1 Å². The number of halogens is 1. The molecule has 0 bridgehead atoms. The lowest BCUT2D eigenvalue weighted by Crippen LogP contribution is -2.62. The molecule has 2 aromatic carbocycles. The lowest BCUT2D eigenvalue weighted by atomic mass is 9.54. The fourth-order valence-electron chi connectivity index (χ4n) is 5.12. The molecule has 0 fully saturated rings. The Balaban J connectivity index is 2.07. The van der Waals surface area contributed by atoms with Crippen molar-refractivity contribution in [3.63, 3.8) is 0 Å². The molecular formula is C29H33IO6Si. The highest BCUT2D eigenvalue weighted by Gasteiger charge is 2.65. The zero-order valence-corrected chi connectivity index (χ0v) is 25.5. The molecule has 3 atom stereocenters. The molecule has 2 aliphatic carbocycles. The first-order valence-electron chi connectivity index (χ1n) is 12.3. The number of benzene rings is 2. The second kappa shape index (κ2) is 9.78. The highest BCUT2D eigenvalue weighted by molar-refractivity contribution is 14.1. The molecule has 0 amide bonds. The molecule has 37 heavy (non-hydrogen) atoms. The normalized spacial score (nSPS) is 23.4. The van der Waals surface area contributed by atoms with Crippen molar-refractivity contribution in [2.75, 3.05) is 14.2 Å². The van der Waals surface area contributed by atoms with E-state index in [1.807, 2.05) is 24.3 Å². The molecule has 2 aliphatic rings. The third-order valence-electron chi connectivity index (χ3n) is 8.14. The van der Waals surface area contributed by atoms with Crippen molar-refractivity contribution in [2.24, 2.45) is 11.3 Å². The quantitative estimate of drug-likeness (QED) is 0.119. The number of ketones is 3. The van der Waals surface area contributed by atoms with E-state index in [9.17, 15) is 14.4 Å². The maximum atomic E-state index is 14.8. The van der Waals surface area contributed by atoms with Gasteiger partial charge in [0.15, 0.2) is 25.7 Å². The van der Waals surface area contributed by atoms with Gasteiger partial charge in [-0.3, -0.25) is 14.4 Å². The number of Topliss-reactive ketones (excluding diaryl/α,β-unsaturated/α-hetero) is 3. The molecule has 0 saturated heterocycles. The molecule has 4 rings (SSSR count). The lowest BCUT2D eigenvalue weighted by molar-refractivity contribution is 0.0151. The molecule has 0 aromatic heterocycles. The summed E-state index contributed by atoms with van der Waals surface area (Å²) in [6.07, 6.45) is 3.02. The molecular weight excluding hydrogens is 599 g/mol. The molecule has 6 nitrogen and oxygen atoms in total. The van der Waals surface area contributed by atoms with Crippen LogP contribution >= 0.6 is 22.6 Å². The van der Waals surface area contributed by atoms with E-state index in [-0.39, 0.29) is 34.1 Å². The van der Waals surface area contributed by atoms with Crippen molar-refractivity contribution in [3.8, 4) is 11.5 Å². The van der Waals surface area contributed by atoms with E-state index in [4.69, 9.17) is 13.9 Å². The smallest absolute Gasteiger partial charge is 0.192 e. The number of carbonyl (C=O) groups excluding carboxylic acids is 3. The standard InChI is InChI=1S/C29H33IO6Si/c1-28(2,3)37(6,7)36-22-14-10-12-18-25(31)23-20(34-4)15-16-21(35-5)24(23)27(33)29(18,22)26(32)17-11-8-9-13-19(17)30/h8-11,13-16,18,22H,12H2,1-7H3/t18-,22+,29+/m0/s1. The first kappa shape index (κ1) is 27.7. The monoisotopic (exact) mass is 632 g/mol. The number of carbonyl (C=O) groups is 3. The molecule has 2 aromatic rings. The van der Waals surface area contributed by atoms with Crippen LogP contribution in [0.4, 0.5) is 0 Å². The minimum absolute atomic E-state index is 0.0847. The summed E-state index contributed by atoms with van der Waals surface area (Å²) < 4.78 is 18.6. The number of rotatable bonds is 6. The Hall–Kier alpha value is -2.30. The van der Waals surface area contributed by atoms with Gasteiger partial charge in [-0.05, 0) is 65.3 Å². The van der Waals surface area contributed by atoms with Crippen LogP contribution in [0.5, 0.6) is 11.5 Å². The Bertz CT molecular complexity index is 1310. The van der Waals surface area contributed by atoms with Gasteiger partial charge in [-0.2, -0.15) is 0 Å². The van der Waals surface area contributed by atoms with Crippen molar-refractivity contribution >= 4 is 48.3 Å². The summed E-state index contributed by atoms with van der Waals surface area (Å²) in [6.45, 7) is 10.5. The Morgan fingerprint density at radius 2 is 1.59 bits per heavy atom. The molecule has 0 aliphatic heterocycles. The van der Waals surface area contributed by atoms with Gasteiger partial charge in [0.25, 0.3) is 0 Å². The molecule has 0 spiro atoms. The summed E-state index contributed by atoms with van der Waals surface area (Å²) >= 11 is 2.11. The van der Waals surface area contributed by atoms with Gasteiger partial charge in [0, 0.05) is 15.1 Å². The third-order valence-corrected chi connectivity index (χ3v) is 13.5. The van der Waals surface area contributed by atoms with E-state index in [2.05, 4.69) is 56.5 Å². The van der Waals surface area contributed by atoms with E-state index in [1.54, 1.807) is 24.3 Å². The summed E-state index contributed by atoms with van der Waals surface area (Å²) in [5, 5.41) is -0.181. The van der Waals surface area contributed by atoms with Gasteiger partial charge < -0.3 is 13.9 Å². The number of ether oxygens (including phenoxy) is 2. The number of methoxy groups -OCH3 is 2. The van der Waals surface area contributed by atoms with Crippen molar-refractivity contribution in [3.05, 3.63) is 68.8 Å². The number of allylic oxidation sites excluding steroid dienone is 1. The van der Waals surface area contributed by atoms with E-state index < -0.39 is 37.3 Å². The second-order valence-corrected chi connectivity index (χ2v) is 17.0. The number of hydrogen-bond acceptors (Lipinski definition) is 6. The van der Waals surface area contributed by atoms with Gasteiger partial charge in [-0.25, -0.2) is 0 Å². The predicted octanol–water partition coefficient (Wildman–Crippen LogP) is 6.52. The summed E-state index contributed by atoms with van der Waals surface area (Å²) in [5.41, 5.74) is -1.11. The molecule has 8 heteroatoms. The van der Waals surface area contributed by atoms with Crippen molar-refractivity contribution < 1.29 is 28.3 Å². The first-order valence-corrected chi connectivity index (χ1v) is 16.3. The molecule has 0 N–H and O–H groups in total. The highest BCUT2D eigenvalue weighted by Crippen LogP contribution is 2.55. The zero-order chi connectivity index (χ0) is 27.3. The van der Waals surface area contributed by atoms with Gasteiger partial charge in [-0.15, -0.1) is 0 Å². The van der Waals surface area contributed by atoms with E-state index in [0.717, 1.165) is 0 Å². The van der Waals surface area contributed by atoms with Gasteiger partial charge in [0.2, 0.25) is 0 Å². The van der Waals surface area contributed by atoms with Crippen LogP contribution < -0.4 is 9.47 Å². The topological polar surface area (TPSA) is 78.9 Å². The SMILES string of the molecule is COc1ccc(OC)c2c1C(=O)[C@@H]1CC=C[C@@H](O[Si](C)(C)C(C)(C)C)[C@]1(C(=O)c1ccccc1I)C2=O. The third kappa shape index (κ3) is 4.21. The molecule has 0 heterocycles. The Morgan fingerprint density at radius 3 is 2.16 bits per heavy atom. The minimum Gasteiger partial charge on any atom is -0.496 e. The van der Waals surface area contributed by atoms with Crippen LogP contribution in [-0.4, -0.2) is 46.0 Å². The van der Waals surface area contributed by atoms with E-state index in [0.29, 0.717) is 14.9 Å². The van der Waals surface area contributed by atoms with Crippen LogP contribution in [0.25, 0.3) is 0 Å². The Kier molecular flexibility index (Phi) is 7.33. The summed E-state index contributed by atoms with van der Waals surface area (Å²) in [5.74, 6) is -1.57. The van der Waals surface area contributed by atoms with Gasteiger partial charge in [0.05, 0.1) is 31.5 Å². The largest absolute Gasteiger partial charge is 0.496 e. The fourth-order valence-corrected chi connectivity index (χ4v) is 7.00. The first-order chi connectivity index (χ1) is 17.3. The van der Waals surface area contributed by atoms with Crippen LogP contribution in [-0.2, 0) is 4.43 Å². The highest BCUT2D eigenvalue weighted by atomic mass is 127. The van der Waals surface area contributed by atoms with E-state index >= 15 is 0 Å². The van der Waals surface area contributed by atoms with Crippen molar-refractivity contribution in [1.82, 2.24) is 0 Å². The Labute approximate surface area is 233 Å². The number of hydrogen-bond donors (Lipinski definition) is 0. The fraction of sp³-hybridized carbons (Fsp3) is 0.414. The number of fused-ring (bicyclic) bond motifs is 2. The van der Waals surface area contributed by atoms with Crippen LogP contribution in [0.3, 0.4) is 0 Å². The lowest BCUT2D eigenvalue weighted by Gasteiger charge is -2.50. The predicted molar refractivity (Wildman–Crippen MR) is 153 cm³/mol. The Morgan fingerprint density at radius 1 is 1.00 bits per heavy atom. The van der Waals surface area contributed by atoms with Crippen molar-refractivity contribution in [2.45, 2.75) is 51.4 Å². The average molecular weight is 633 g/mol. The summed E-state index contributed by atoms with van der Waals surface area (Å²) in [4.78, 5) is 43.8. The molecule has 0 unspecified atom stereocenters. The zero-order valence-electron chi connectivity index (χ0n) is 22.3. The van der Waals surface area contributed by atoms with Gasteiger partial charge in [0.1, 0.15) is 16.9 Å². The van der Waals surface area contributed by atoms with Gasteiger partial charge in [-0.1, -0.05) is 51.1 Å². The van der Waals surface area contributed by atoms with Crippen LogP contribution in [0.15, 0.2) is 48.6 Å². The van der Waals surface area contributed by atoms with Crippen LogP contribution in [0, 0.1) is 14.9 Å². The maximum absolute atomic E-state index is 14.8. The molecule has 0 saturated carbocycles. The van der Waals surface area contributed by atoms with Crippen molar-refractivity contribution in [1.29, 1.82) is 0 Å². The van der Waals surface area contributed by atoms with E-state index in [1.165, 1.54) is 14.2 Å². The summed E-state index contributed by atoms with van der Waals surface area (Å²) in [6, 6.07) is 10.4. The average Bonchev–Trinajstić information content (AvgIpc) is 2.85. The van der Waals surface area contributed by atoms with Crippen LogP contribution in [0.1, 0.15) is 58.3 Å². The minimum atomic E-state index is -2.48. The summed E-state index contributed by atoms with van der Waals surface area (Å²) in [7, 11) is 0.427. The molecule has 196 valence electrons. The maximum Gasteiger partial charge on any atom is 0.192 e. The second-order valence-electron chi connectivity index (χ2n) is 11.1. The van der Waals surface area contributed by atoms with Gasteiger partial charge >= 0.3 is 0 Å². The molecule has 0 radical (unpaired) electrons.